The molecule has 108 valence electrons. The Morgan fingerprint density at radius 3 is 2.57 bits per heavy atom. The molecule has 0 fully saturated rings. The molecule has 1 aliphatic carbocycles. The van der Waals surface area contributed by atoms with Crippen LogP contribution >= 0.6 is 0 Å². The molecule has 21 heavy (non-hydrogen) atoms. The van der Waals surface area contributed by atoms with Gasteiger partial charge in [0.25, 0.3) is 0 Å². The van der Waals surface area contributed by atoms with Crippen molar-refractivity contribution >= 4 is 0 Å². The second-order valence-corrected chi connectivity index (χ2v) is 6.27. The lowest BCUT2D eigenvalue weighted by atomic mass is 9.53. The van der Waals surface area contributed by atoms with E-state index in [-0.39, 0.29) is 0 Å². The van der Waals surface area contributed by atoms with Gasteiger partial charge in [0.1, 0.15) is 5.92 Å². The molecule has 1 aromatic carbocycles. The van der Waals surface area contributed by atoms with Crippen LogP contribution < -0.4 is 0 Å². The van der Waals surface area contributed by atoms with Crippen molar-refractivity contribution in [3.8, 4) is 12.1 Å². The molecule has 2 heteroatoms. The van der Waals surface area contributed by atoms with E-state index in [1.165, 1.54) is 11.1 Å². The Hall–Kier alpha value is -2.06. The van der Waals surface area contributed by atoms with Gasteiger partial charge in [-0.3, -0.25) is 0 Å². The monoisotopic (exact) mass is 278 g/mol. The molecule has 0 aromatic heterocycles. The van der Waals surface area contributed by atoms with E-state index in [4.69, 9.17) is 0 Å². The van der Waals surface area contributed by atoms with Crippen LogP contribution in [0.5, 0.6) is 0 Å². The maximum absolute atomic E-state index is 9.59. The maximum atomic E-state index is 9.59. The first-order chi connectivity index (χ1) is 10.1. The number of nitrogens with zero attached hydrogens (tertiary/aromatic N) is 2. The van der Waals surface area contributed by atoms with Crippen molar-refractivity contribution in [2.24, 2.45) is 17.8 Å². The fourth-order valence-electron chi connectivity index (χ4n) is 4.14. The predicted octanol–water partition coefficient (Wildman–Crippen LogP) is 4.38. The molecule has 0 aliphatic heterocycles. The van der Waals surface area contributed by atoms with Crippen LogP contribution in [0.4, 0.5) is 0 Å². The Morgan fingerprint density at radius 2 is 2.00 bits per heavy atom. The van der Waals surface area contributed by atoms with E-state index in [1.807, 2.05) is 18.2 Å². The molecule has 0 amide bonds. The molecular weight excluding hydrogens is 256 g/mol. The summed E-state index contributed by atoms with van der Waals surface area (Å²) in [6.07, 6.45) is 4.61. The van der Waals surface area contributed by atoms with Crippen molar-refractivity contribution < 1.29 is 0 Å². The Balaban J connectivity index is 2.73. The van der Waals surface area contributed by atoms with Gasteiger partial charge in [0.15, 0.2) is 0 Å². The normalized spacial score (nSPS) is 24.2. The minimum atomic E-state index is -0.635. The quantitative estimate of drug-likeness (QED) is 0.767. The number of allylic oxidation sites excluding steroid dienone is 1. The number of rotatable bonds is 4. The first-order valence-corrected chi connectivity index (χ1v) is 7.60. The van der Waals surface area contributed by atoms with Crippen LogP contribution in [0, 0.1) is 40.4 Å². The van der Waals surface area contributed by atoms with Crippen molar-refractivity contribution in [3.63, 3.8) is 0 Å². The second kappa shape index (κ2) is 6.15. The van der Waals surface area contributed by atoms with Crippen molar-refractivity contribution in [1.82, 2.24) is 0 Å². The molecule has 0 saturated carbocycles. The average Bonchev–Trinajstić information content (AvgIpc) is 2.49. The van der Waals surface area contributed by atoms with Crippen molar-refractivity contribution in [2.45, 2.75) is 38.5 Å². The fourth-order valence-corrected chi connectivity index (χ4v) is 4.14. The largest absolute Gasteiger partial charge is 0.197 e. The summed E-state index contributed by atoms with van der Waals surface area (Å²) in [6.45, 7) is 8.29. The maximum Gasteiger partial charge on any atom is 0.143 e. The Kier molecular flexibility index (Phi) is 4.49. The first kappa shape index (κ1) is 15.3. The van der Waals surface area contributed by atoms with E-state index in [0.717, 1.165) is 12.8 Å². The van der Waals surface area contributed by atoms with Crippen LogP contribution in [0.2, 0.25) is 0 Å². The number of benzene rings is 1. The van der Waals surface area contributed by atoms with Crippen LogP contribution in [-0.4, -0.2) is 0 Å². The van der Waals surface area contributed by atoms with Gasteiger partial charge in [-0.25, -0.2) is 0 Å². The second-order valence-electron chi connectivity index (χ2n) is 6.27. The molecule has 0 radical (unpaired) electrons. The lowest BCUT2D eigenvalue weighted by Gasteiger charge is -2.48. The van der Waals surface area contributed by atoms with Crippen LogP contribution in [0.25, 0.3) is 0 Å². The number of aryl methyl sites for hydroxylation is 1. The minimum Gasteiger partial charge on any atom is -0.197 e. The molecular formula is C19H22N2. The molecule has 0 spiro atoms. The van der Waals surface area contributed by atoms with Crippen molar-refractivity contribution in [3.05, 3.63) is 48.0 Å². The van der Waals surface area contributed by atoms with Gasteiger partial charge in [0.2, 0.25) is 0 Å². The molecule has 1 unspecified atom stereocenters. The third-order valence-electron chi connectivity index (χ3n) is 4.97. The van der Waals surface area contributed by atoms with Crippen molar-refractivity contribution in [1.29, 1.82) is 10.5 Å². The summed E-state index contributed by atoms with van der Waals surface area (Å²) in [5.74, 6) is 0.126. The SMILES string of the molecule is C=CC[C@@]1(C(C#N)C#N)c2ccccc2CCC1C(C)C. The van der Waals surface area contributed by atoms with Gasteiger partial charge in [-0.1, -0.05) is 44.2 Å². The highest BCUT2D eigenvalue weighted by atomic mass is 14.5. The minimum absolute atomic E-state index is 0.328. The molecule has 0 N–H and O–H groups in total. The first-order valence-electron chi connectivity index (χ1n) is 7.60. The van der Waals surface area contributed by atoms with E-state index in [0.29, 0.717) is 18.3 Å². The Labute approximate surface area is 127 Å². The number of hydrogen-bond acceptors (Lipinski definition) is 2. The number of fused-ring (bicyclic) bond motifs is 1. The summed E-state index contributed by atoms with van der Waals surface area (Å²) in [4.78, 5) is 0. The lowest BCUT2D eigenvalue weighted by molar-refractivity contribution is 0.152. The van der Waals surface area contributed by atoms with Gasteiger partial charge in [0, 0.05) is 5.41 Å². The molecule has 0 heterocycles. The lowest BCUT2D eigenvalue weighted by Crippen LogP contribution is -2.46. The fraction of sp³-hybridized carbons (Fsp3) is 0.474. The summed E-state index contributed by atoms with van der Waals surface area (Å²) < 4.78 is 0. The van der Waals surface area contributed by atoms with E-state index in [1.54, 1.807) is 0 Å². The summed E-state index contributed by atoms with van der Waals surface area (Å²) in [6, 6.07) is 12.8. The third kappa shape index (κ3) is 2.36. The molecule has 0 saturated heterocycles. The van der Waals surface area contributed by atoms with Gasteiger partial charge in [0.05, 0.1) is 12.1 Å². The van der Waals surface area contributed by atoms with Gasteiger partial charge in [-0.05, 0) is 42.2 Å². The third-order valence-corrected chi connectivity index (χ3v) is 4.97. The molecule has 2 atom stereocenters. The standard InChI is InChI=1S/C19H22N2/c1-4-11-19(16(12-20)13-21)17(14(2)3)10-9-15-7-5-6-8-18(15)19/h4-8,14,16-17H,1,9-11H2,2-3H3/t17?,19-/m0/s1. The molecule has 1 aliphatic rings. The van der Waals surface area contributed by atoms with Gasteiger partial charge >= 0.3 is 0 Å². The summed E-state index contributed by atoms with van der Waals surface area (Å²) in [5.41, 5.74) is 2.04. The smallest absolute Gasteiger partial charge is 0.143 e. The van der Waals surface area contributed by atoms with E-state index >= 15 is 0 Å². The highest BCUT2D eigenvalue weighted by Crippen LogP contribution is 2.51. The number of hydrogen-bond donors (Lipinski definition) is 0. The van der Waals surface area contributed by atoms with Crippen molar-refractivity contribution in [2.75, 3.05) is 0 Å². The summed E-state index contributed by atoms with van der Waals surface area (Å²) in [5, 5.41) is 19.2. The molecule has 2 rings (SSSR count). The molecule has 1 aromatic rings. The summed E-state index contributed by atoms with van der Waals surface area (Å²) in [7, 11) is 0. The molecule has 0 bridgehead atoms. The zero-order valence-corrected chi connectivity index (χ0v) is 12.8. The van der Waals surface area contributed by atoms with Gasteiger partial charge < -0.3 is 0 Å². The van der Waals surface area contributed by atoms with Crippen LogP contribution in [-0.2, 0) is 11.8 Å². The van der Waals surface area contributed by atoms with Crippen LogP contribution in [0.15, 0.2) is 36.9 Å². The topological polar surface area (TPSA) is 47.6 Å². The van der Waals surface area contributed by atoms with Crippen LogP contribution in [0.1, 0.15) is 37.8 Å². The Morgan fingerprint density at radius 1 is 1.33 bits per heavy atom. The van der Waals surface area contributed by atoms with E-state index < -0.39 is 11.3 Å². The molecule has 2 nitrogen and oxygen atoms in total. The van der Waals surface area contributed by atoms with E-state index in [9.17, 15) is 10.5 Å². The van der Waals surface area contributed by atoms with Gasteiger partial charge in [-0.15, -0.1) is 6.58 Å². The van der Waals surface area contributed by atoms with Crippen LogP contribution in [0.3, 0.4) is 0 Å². The summed E-state index contributed by atoms with van der Waals surface area (Å²) >= 11 is 0. The van der Waals surface area contributed by atoms with E-state index in [2.05, 4.69) is 44.7 Å². The highest BCUT2D eigenvalue weighted by molar-refractivity contribution is 5.42. The average molecular weight is 278 g/mol. The van der Waals surface area contributed by atoms with Gasteiger partial charge in [-0.2, -0.15) is 10.5 Å². The zero-order chi connectivity index (χ0) is 15.5. The Bertz CT molecular complexity index is 589. The highest BCUT2D eigenvalue weighted by Gasteiger charge is 2.50. The predicted molar refractivity (Wildman–Crippen MR) is 84.3 cm³/mol. The zero-order valence-electron chi connectivity index (χ0n) is 12.8. The number of nitriles is 2.